The van der Waals surface area contributed by atoms with Crippen LogP contribution in [0.3, 0.4) is 0 Å². The minimum absolute atomic E-state index is 0.500. The van der Waals surface area contributed by atoms with Gasteiger partial charge in [-0.05, 0) is 24.8 Å². The lowest BCUT2D eigenvalue weighted by atomic mass is 9.96. The summed E-state index contributed by atoms with van der Waals surface area (Å²) in [5.74, 6) is 0.500. The number of nitrogens with zero attached hydrogens (tertiary/aromatic N) is 1. The Bertz CT molecular complexity index is 292. The molecule has 1 nitrogen and oxygen atoms in total. The Hall–Kier alpha value is -1.29. The number of hydrogen-bond acceptors (Lipinski definition) is 1. The molecular formula is C12H15N. The van der Waals surface area contributed by atoms with Gasteiger partial charge >= 0.3 is 0 Å². The zero-order chi connectivity index (χ0) is 9.68. The van der Waals surface area contributed by atoms with E-state index in [2.05, 4.69) is 44.2 Å². The van der Waals surface area contributed by atoms with E-state index >= 15 is 0 Å². The molecule has 0 amide bonds. The Morgan fingerprint density at radius 2 is 1.92 bits per heavy atom. The predicted molar refractivity (Wildman–Crippen MR) is 54.4 cm³/mol. The molecule has 0 spiro atoms. The van der Waals surface area contributed by atoms with Gasteiger partial charge in [-0.15, -0.1) is 0 Å². The molecular weight excluding hydrogens is 158 g/mol. The number of benzene rings is 1. The highest BCUT2D eigenvalue weighted by atomic mass is 14.2. The lowest BCUT2D eigenvalue weighted by Gasteiger charge is -2.09. The van der Waals surface area contributed by atoms with Crippen molar-refractivity contribution in [3.05, 3.63) is 35.4 Å². The molecule has 0 heterocycles. The third-order valence-corrected chi connectivity index (χ3v) is 2.34. The van der Waals surface area contributed by atoms with Crippen molar-refractivity contribution in [3.8, 4) is 6.07 Å². The van der Waals surface area contributed by atoms with Crippen LogP contribution in [0.4, 0.5) is 0 Å². The Kier molecular flexibility index (Phi) is 3.52. The van der Waals surface area contributed by atoms with Gasteiger partial charge in [-0.1, -0.05) is 36.8 Å². The average molecular weight is 173 g/mol. The van der Waals surface area contributed by atoms with Crippen LogP contribution >= 0.6 is 0 Å². The lowest BCUT2D eigenvalue weighted by Crippen LogP contribution is -1.92. The van der Waals surface area contributed by atoms with Gasteiger partial charge in [0.25, 0.3) is 0 Å². The maximum absolute atomic E-state index is 8.46. The zero-order valence-corrected chi connectivity index (χ0v) is 8.25. The van der Waals surface area contributed by atoms with Crippen molar-refractivity contribution in [2.24, 2.45) is 0 Å². The maximum atomic E-state index is 8.46. The van der Waals surface area contributed by atoms with Crippen molar-refractivity contribution in [2.75, 3.05) is 0 Å². The molecule has 1 heteroatoms. The molecule has 1 aromatic rings. The Labute approximate surface area is 80.0 Å². The first-order valence-corrected chi connectivity index (χ1v) is 4.67. The van der Waals surface area contributed by atoms with Gasteiger partial charge in [-0.2, -0.15) is 5.26 Å². The largest absolute Gasteiger partial charge is 0.198 e. The van der Waals surface area contributed by atoms with Gasteiger partial charge < -0.3 is 0 Å². The number of aryl methyl sites for hydroxylation is 1. The SMILES string of the molecule is Cc1ccc([C@@H](C)CCC#N)cc1. The maximum Gasteiger partial charge on any atom is 0.0621 e. The Morgan fingerprint density at radius 3 is 2.46 bits per heavy atom. The van der Waals surface area contributed by atoms with Crippen molar-refractivity contribution >= 4 is 0 Å². The third-order valence-electron chi connectivity index (χ3n) is 2.34. The van der Waals surface area contributed by atoms with Gasteiger partial charge in [-0.25, -0.2) is 0 Å². The highest BCUT2D eigenvalue weighted by Crippen LogP contribution is 2.20. The van der Waals surface area contributed by atoms with Gasteiger partial charge in [0, 0.05) is 6.42 Å². The fourth-order valence-electron chi connectivity index (χ4n) is 1.34. The molecule has 0 N–H and O–H groups in total. The molecule has 0 fully saturated rings. The first-order chi connectivity index (χ1) is 6.24. The molecule has 1 aromatic carbocycles. The van der Waals surface area contributed by atoms with Crippen LogP contribution in [0, 0.1) is 18.3 Å². The van der Waals surface area contributed by atoms with Crippen LogP contribution < -0.4 is 0 Å². The second-order valence-corrected chi connectivity index (χ2v) is 3.51. The van der Waals surface area contributed by atoms with E-state index in [1.165, 1.54) is 11.1 Å². The molecule has 0 aliphatic carbocycles. The van der Waals surface area contributed by atoms with Crippen molar-refractivity contribution < 1.29 is 0 Å². The van der Waals surface area contributed by atoms with Crippen molar-refractivity contribution in [1.29, 1.82) is 5.26 Å². The smallest absolute Gasteiger partial charge is 0.0621 e. The van der Waals surface area contributed by atoms with E-state index in [4.69, 9.17) is 5.26 Å². The van der Waals surface area contributed by atoms with Gasteiger partial charge in [0.2, 0.25) is 0 Å². The minimum Gasteiger partial charge on any atom is -0.198 e. The molecule has 0 aromatic heterocycles. The summed E-state index contributed by atoms with van der Waals surface area (Å²) in [5, 5.41) is 8.46. The summed E-state index contributed by atoms with van der Waals surface area (Å²) in [4.78, 5) is 0. The van der Waals surface area contributed by atoms with Crippen LogP contribution in [-0.2, 0) is 0 Å². The standard InChI is InChI=1S/C12H15N/c1-10-5-7-12(8-6-10)11(2)4-3-9-13/h5-8,11H,3-4H2,1-2H3/t11-/m0/s1. The molecule has 1 atom stereocenters. The Morgan fingerprint density at radius 1 is 1.31 bits per heavy atom. The molecule has 1 rings (SSSR count). The normalized spacial score (nSPS) is 12.1. The van der Waals surface area contributed by atoms with Gasteiger partial charge in [0.05, 0.1) is 6.07 Å². The van der Waals surface area contributed by atoms with E-state index in [1.807, 2.05) is 0 Å². The zero-order valence-electron chi connectivity index (χ0n) is 8.25. The first-order valence-electron chi connectivity index (χ1n) is 4.67. The van der Waals surface area contributed by atoms with E-state index < -0.39 is 0 Å². The lowest BCUT2D eigenvalue weighted by molar-refractivity contribution is 0.695. The summed E-state index contributed by atoms with van der Waals surface area (Å²) in [5.41, 5.74) is 2.62. The van der Waals surface area contributed by atoms with E-state index in [0.29, 0.717) is 12.3 Å². The van der Waals surface area contributed by atoms with E-state index in [-0.39, 0.29) is 0 Å². The predicted octanol–water partition coefficient (Wildman–Crippen LogP) is 3.40. The van der Waals surface area contributed by atoms with Gasteiger partial charge in [0.1, 0.15) is 0 Å². The third kappa shape index (κ3) is 2.91. The van der Waals surface area contributed by atoms with Crippen molar-refractivity contribution in [2.45, 2.75) is 32.6 Å². The summed E-state index contributed by atoms with van der Waals surface area (Å²) in [7, 11) is 0. The summed E-state index contributed by atoms with van der Waals surface area (Å²) < 4.78 is 0. The molecule has 0 radical (unpaired) electrons. The number of hydrogen-bond donors (Lipinski definition) is 0. The summed E-state index contributed by atoms with van der Waals surface area (Å²) in [6.07, 6.45) is 1.61. The highest BCUT2D eigenvalue weighted by molar-refractivity contribution is 5.24. The van der Waals surface area contributed by atoms with Crippen LogP contribution in [0.1, 0.15) is 36.8 Å². The fourth-order valence-corrected chi connectivity index (χ4v) is 1.34. The Balaban J connectivity index is 2.62. The van der Waals surface area contributed by atoms with Gasteiger partial charge in [0.15, 0.2) is 0 Å². The second kappa shape index (κ2) is 4.67. The van der Waals surface area contributed by atoms with Crippen LogP contribution in [-0.4, -0.2) is 0 Å². The fraction of sp³-hybridized carbons (Fsp3) is 0.417. The van der Waals surface area contributed by atoms with E-state index in [0.717, 1.165) is 6.42 Å². The summed E-state index contributed by atoms with van der Waals surface area (Å²) in [6.45, 7) is 4.26. The van der Waals surface area contributed by atoms with Crippen molar-refractivity contribution in [1.82, 2.24) is 0 Å². The van der Waals surface area contributed by atoms with Crippen molar-refractivity contribution in [3.63, 3.8) is 0 Å². The minimum atomic E-state index is 0.500. The molecule has 0 aliphatic heterocycles. The van der Waals surface area contributed by atoms with Crippen LogP contribution in [0.5, 0.6) is 0 Å². The average Bonchev–Trinajstić information content (AvgIpc) is 2.15. The van der Waals surface area contributed by atoms with E-state index in [9.17, 15) is 0 Å². The topological polar surface area (TPSA) is 23.8 Å². The molecule has 0 saturated carbocycles. The van der Waals surface area contributed by atoms with Crippen LogP contribution in [0.15, 0.2) is 24.3 Å². The van der Waals surface area contributed by atoms with Crippen LogP contribution in [0.2, 0.25) is 0 Å². The number of nitriles is 1. The first kappa shape index (κ1) is 9.80. The molecule has 0 saturated heterocycles. The second-order valence-electron chi connectivity index (χ2n) is 3.51. The monoisotopic (exact) mass is 173 g/mol. The molecule has 68 valence electrons. The van der Waals surface area contributed by atoms with Gasteiger partial charge in [-0.3, -0.25) is 0 Å². The summed E-state index contributed by atoms with van der Waals surface area (Å²) >= 11 is 0. The van der Waals surface area contributed by atoms with E-state index in [1.54, 1.807) is 0 Å². The highest BCUT2D eigenvalue weighted by Gasteiger charge is 2.03. The molecule has 0 unspecified atom stereocenters. The summed E-state index contributed by atoms with van der Waals surface area (Å²) in [6, 6.07) is 10.7. The molecule has 13 heavy (non-hydrogen) atoms. The quantitative estimate of drug-likeness (QED) is 0.687. The number of rotatable bonds is 3. The molecule has 0 aliphatic rings. The molecule has 0 bridgehead atoms. The van der Waals surface area contributed by atoms with Crippen LogP contribution in [0.25, 0.3) is 0 Å².